The second kappa shape index (κ2) is 3.04. The third-order valence-electron chi connectivity index (χ3n) is 1.67. The quantitative estimate of drug-likeness (QED) is 0.775. The molecule has 0 bridgehead atoms. The van der Waals surface area contributed by atoms with Gasteiger partial charge in [-0.2, -0.15) is 8.42 Å². The van der Waals surface area contributed by atoms with Crippen LogP contribution in [0.1, 0.15) is 0 Å². The van der Waals surface area contributed by atoms with E-state index in [-0.39, 0.29) is 0 Å². The number of imidazole rings is 1. The van der Waals surface area contributed by atoms with Gasteiger partial charge < -0.3 is 4.98 Å². The van der Waals surface area contributed by atoms with Crippen molar-refractivity contribution in [3.63, 3.8) is 0 Å². The zero-order chi connectivity index (χ0) is 10.3. The van der Waals surface area contributed by atoms with E-state index in [1.807, 2.05) is 0 Å². The first-order chi connectivity index (χ1) is 6.47. The molecule has 5 nitrogen and oxygen atoms in total. The molecule has 7 heteroatoms. The summed E-state index contributed by atoms with van der Waals surface area (Å²) in [7, 11) is -4.26. The number of nitrogens with one attached hydrogen (secondary N) is 1. The molecule has 0 spiro atoms. The molecule has 2 rings (SSSR count). The molecule has 0 saturated heterocycles. The first kappa shape index (κ1) is 9.63. The number of rotatable bonds is 1. The zero-order valence-electron chi connectivity index (χ0n) is 6.73. The molecule has 1 heterocycles. The molecule has 0 aliphatic heterocycles. The van der Waals surface area contributed by atoms with Crippen molar-refractivity contribution in [1.82, 2.24) is 9.97 Å². The number of hydrogen-bond acceptors (Lipinski definition) is 3. The number of aromatic amines is 1. The summed E-state index contributed by atoms with van der Waals surface area (Å²) in [6, 6.07) is 5.07. The van der Waals surface area contributed by atoms with Crippen molar-refractivity contribution in [2.45, 2.75) is 5.16 Å². The largest absolute Gasteiger partial charge is 0.328 e. The van der Waals surface area contributed by atoms with Crippen LogP contribution in [0.2, 0.25) is 0 Å². The van der Waals surface area contributed by atoms with Crippen LogP contribution < -0.4 is 0 Å². The number of fused-ring (bicyclic) bond motifs is 1. The van der Waals surface area contributed by atoms with E-state index in [2.05, 4.69) is 25.9 Å². The van der Waals surface area contributed by atoms with Crippen LogP contribution in [0.3, 0.4) is 0 Å². The van der Waals surface area contributed by atoms with E-state index >= 15 is 0 Å². The van der Waals surface area contributed by atoms with Crippen LogP contribution in [0.5, 0.6) is 0 Å². The lowest BCUT2D eigenvalue weighted by Crippen LogP contribution is -1.99. The van der Waals surface area contributed by atoms with Crippen LogP contribution >= 0.6 is 15.9 Å². The fourth-order valence-corrected chi connectivity index (χ4v) is 1.88. The Morgan fingerprint density at radius 3 is 2.79 bits per heavy atom. The van der Waals surface area contributed by atoms with Gasteiger partial charge in [0.05, 0.1) is 11.0 Å². The minimum Gasteiger partial charge on any atom is -0.327 e. The lowest BCUT2D eigenvalue weighted by atomic mass is 10.3. The minimum atomic E-state index is -4.26. The van der Waals surface area contributed by atoms with Crippen molar-refractivity contribution in [1.29, 1.82) is 0 Å². The second-order valence-electron chi connectivity index (χ2n) is 2.68. The predicted molar refractivity (Wildman–Crippen MR) is 53.6 cm³/mol. The van der Waals surface area contributed by atoms with Crippen molar-refractivity contribution in [3.8, 4) is 0 Å². The molecule has 1 aromatic carbocycles. The minimum absolute atomic E-state index is 0.439. The van der Waals surface area contributed by atoms with Gasteiger partial charge in [0.1, 0.15) is 0 Å². The summed E-state index contributed by atoms with van der Waals surface area (Å²) in [6.07, 6.45) is 0. The number of benzene rings is 1. The molecule has 0 saturated carbocycles. The van der Waals surface area contributed by atoms with Gasteiger partial charge in [-0.1, -0.05) is 15.9 Å². The van der Waals surface area contributed by atoms with Gasteiger partial charge in [-0.15, -0.1) is 0 Å². The van der Waals surface area contributed by atoms with Gasteiger partial charge >= 0.3 is 10.1 Å². The third-order valence-corrected chi connectivity index (χ3v) is 2.84. The highest BCUT2D eigenvalue weighted by Gasteiger charge is 2.14. The molecule has 0 aliphatic rings. The molecule has 1 aromatic heterocycles. The van der Waals surface area contributed by atoms with Crippen LogP contribution in [-0.4, -0.2) is 22.9 Å². The summed E-state index contributed by atoms with van der Waals surface area (Å²) in [4.78, 5) is 6.21. The second-order valence-corrected chi connectivity index (χ2v) is 4.93. The summed E-state index contributed by atoms with van der Waals surface area (Å²) in [5.74, 6) is 0. The summed E-state index contributed by atoms with van der Waals surface area (Å²) >= 11 is 3.23. The van der Waals surface area contributed by atoms with Gasteiger partial charge in [-0.3, -0.25) is 4.55 Å². The molecule has 0 fully saturated rings. The first-order valence-corrected chi connectivity index (χ1v) is 5.83. The normalized spacial score (nSPS) is 12.1. The number of halogens is 1. The predicted octanol–water partition coefficient (Wildman–Crippen LogP) is 1.57. The number of aromatic nitrogens is 2. The Morgan fingerprint density at radius 1 is 1.43 bits per heavy atom. The van der Waals surface area contributed by atoms with Crippen molar-refractivity contribution >= 4 is 37.1 Å². The van der Waals surface area contributed by atoms with Crippen molar-refractivity contribution in [2.24, 2.45) is 0 Å². The lowest BCUT2D eigenvalue weighted by Gasteiger charge is -1.87. The Balaban J connectivity index is 2.75. The standard InChI is InChI=1S/C7H5BrN2O3S/c8-4-1-2-5-6(3-4)10-7(9-5)14(11,12)13/h1-3H,(H,9,10)(H,11,12,13). The van der Waals surface area contributed by atoms with Crippen molar-refractivity contribution in [2.75, 3.05) is 0 Å². The highest BCUT2D eigenvalue weighted by Crippen LogP contribution is 2.19. The molecule has 0 atom stereocenters. The molecular formula is C7H5BrN2O3S. The van der Waals surface area contributed by atoms with Gasteiger partial charge in [-0.05, 0) is 18.2 Å². The third kappa shape index (κ3) is 1.66. The molecule has 2 aromatic rings. The highest BCUT2D eigenvalue weighted by atomic mass is 79.9. The maximum absolute atomic E-state index is 10.7. The molecule has 2 N–H and O–H groups in total. The Labute approximate surface area is 88.0 Å². The van der Waals surface area contributed by atoms with E-state index in [4.69, 9.17) is 4.55 Å². The molecule has 74 valence electrons. The molecule has 0 unspecified atom stereocenters. The van der Waals surface area contributed by atoms with Crippen LogP contribution in [0.25, 0.3) is 11.0 Å². The SMILES string of the molecule is O=S(=O)(O)c1nc2cc(Br)ccc2[nH]1. The smallest absolute Gasteiger partial charge is 0.327 e. The van der Waals surface area contributed by atoms with Crippen LogP contribution in [0, 0.1) is 0 Å². The first-order valence-electron chi connectivity index (χ1n) is 3.59. The number of nitrogens with zero attached hydrogens (tertiary/aromatic N) is 1. The van der Waals surface area contributed by atoms with Crippen molar-refractivity contribution in [3.05, 3.63) is 22.7 Å². The summed E-state index contributed by atoms with van der Waals surface area (Å²) in [5.41, 5.74) is 1.04. The molecule has 0 amide bonds. The molecule has 0 radical (unpaired) electrons. The van der Waals surface area contributed by atoms with Gasteiger partial charge in [0.2, 0.25) is 0 Å². The summed E-state index contributed by atoms with van der Waals surface area (Å²) in [6.45, 7) is 0. The van der Waals surface area contributed by atoms with E-state index in [9.17, 15) is 8.42 Å². The fraction of sp³-hybridized carbons (Fsp3) is 0. The Bertz CT molecular complexity index is 590. The van der Waals surface area contributed by atoms with E-state index in [0.29, 0.717) is 11.0 Å². The van der Waals surface area contributed by atoms with Gasteiger partial charge in [0, 0.05) is 4.47 Å². The van der Waals surface area contributed by atoms with E-state index in [1.54, 1.807) is 18.2 Å². The molecular weight excluding hydrogens is 272 g/mol. The van der Waals surface area contributed by atoms with Crippen LogP contribution in [0.4, 0.5) is 0 Å². The summed E-state index contributed by atoms with van der Waals surface area (Å²) < 4.78 is 31.0. The Kier molecular flexibility index (Phi) is 2.09. The van der Waals surface area contributed by atoms with E-state index in [0.717, 1.165) is 4.47 Å². The zero-order valence-corrected chi connectivity index (χ0v) is 9.13. The molecule has 0 aliphatic carbocycles. The fourth-order valence-electron chi connectivity index (χ4n) is 1.08. The maximum Gasteiger partial charge on any atom is 0.328 e. The average molecular weight is 277 g/mol. The van der Waals surface area contributed by atoms with Gasteiger partial charge in [-0.25, -0.2) is 4.98 Å². The lowest BCUT2D eigenvalue weighted by molar-refractivity contribution is 0.476. The number of hydrogen-bond donors (Lipinski definition) is 2. The number of H-pyrrole nitrogens is 1. The Morgan fingerprint density at radius 2 is 2.14 bits per heavy atom. The van der Waals surface area contributed by atoms with Crippen LogP contribution in [0.15, 0.2) is 27.8 Å². The van der Waals surface area contributed by atoms with Gasteiger partial charge in [0.15, 0.2) is 0 Å². The van der Waals surface area contributed by atoms with Crippen molar-refractivity contribution < 1.29 is 13.0 Å². The van der Waals surface area contributed by atoms with Gasteiger partial charge in [0.25, 0.3) is 5.16 Å². The average Bonchev–Trinajstić information content (AvgIpc) is 2.45. The van der Waals surface area contributed by atoms with Crippen LogP contribution in [-0.2, 0) is 10.1 Å². The summed E-state index contributed by atoms with van der Waals surface area (Å²) in [5, 5.41) is -0.439. The van der Waals surface area contributed by atoms with E-state index < -0.39 is 15.3 Å². The molecule has 14 heavy (non-hydrogen) atoms. The topological polar surface area (TPSA) is 83.1 Å². The monoisotopic (exact) mass is 276 g/mol. The Hall–Kier alpha value is -0.920. The highest BCUT2D eigenvalue weighted by molar-refractivity contribution is 9.10. The van der Waals surface area contributed by atoms with E-state index in [1.165, 1.54) is 0 Å². The maximum atomic E-state index is 10.7.